The standard InChI is InChI=1S/C12H15BN4O2/c14-11(18)10(17-12(19)13-15)5-7-6-16-9-4-2-1-3-8(7)9/h1-4,6,10,13,16H,5,15H2,(H2,14,18)(H,17,19)/t10-/m0/s1. The molecule has 7 heteroatoms. The second kappa shape index (κ2) is 5.58. The highest BCUT2D eigenvalue weighted by Crippen LogP contribution is 2.18. The maximum absolute atomic E-state index is 11.4. The second-order valence-corrected chi connectivity index (χ2v) is 4.29. The third-order valence-electron chi connectivity index (χ3n) is 2.96. The minimum Gasteiger partial charge on any atom is -0.368 e. The van der Waals surface area contributed by atoms with E-state index in [1.165, 1.54) is 0 Å². The van der Waals surface area contributed by atoms with Crippen molar-refractivity contribution in [1.82, 2.24) is 10.3 Å². The minimum atomic E-state index is -0.754. The number of fused-ring (bicyclic) bond motifs is 1. The third kappa shape index (κ3) is 2.94. The van der Waals surface area contributed by atoms with Gasteiger partial charge in [-0.2, -0.15) is 0 Å². The van der Waals surface area contributed by atoms with E-state index in [1.54, 1.807) is 0 Å². The summed E-state index contributed by atoms with van der Waals surface area (Å²) in [5.41, 5.74) is 12.4. The van der Waals surface area contributed by atoms with E-state index in [0.29, 0.717) is 6.42 Å². The number of amides is 2. The molecule has 1 aromatic carbocycles. The Kier molecular flexibility index (Phi) is 3.86. The number of hydrogen-bond acceptors (Lipinski definition) is 3. The summed E-state index contributed by atoms with van der Waals surface area (Å²) in [7, 11) is -0.169. The van der Waals surface area contributed by atoms with Gasteiger partial charge in [0.05, 0.1) is 0 Å². The van der Waals surface area contributed by atoms with Gasteiger partial charge in [-0.3, -0.25) is 9.59 Å². The summed E-state index contributed by atoms with van der Waals surface area (Å²) in [4.78, 5) is 25.7. The van der Waals surface area contributed by atoms with Crippen molar-refractivity contribution in [3.05, 3.63) is 36.0 Å². The smallest absolute Gasteiger partial charge is 0.308 e. The average Bonchev–Trinajstić information content (AvgIpc) is 2.81. The molecule has 0 saturated carbocycles. The number of aromatic nitrogens is 1. The number of carbonyl (C=O) groups excluding carboxylic acids is 2. The van der Waals surface area contributed by atoms with Gasteiger partial charge in [-0.15, -0.1) is 0 Å². The van der Waals surface area contributed by atoms with Crippen molar-refractivity contribution < 1.29 is 9.59 Å². The van der Waals surface area contributed by atoms with Gasteiger partial charge in [0.25, 0.3) is 0 Å². The van der Waals surface area contributed by atoms with Crippen LogP contribution in [0.4, 0.5) is 4.79 Å². The fraction of sp³-hybridized carbons (Fsp3) is 0.167. The number of nitrogens with one attached hydrogen (secondary N) is 2. The quantitative estimate of drug-likeness (QED) is 0.546. The minimum absolute atomic E-state index is 0.169. The Bertz CT molecular complexity index is 611. The van der Waals surface area contributed by atoms with Crippen LogP contribution in [0.5, 0.6) is 0 Å². The van der Waals surface area contributed by atoms with E-state index in [9.17, 15) is 9.59 Å². The van der Waals surface area contributed by atoms with Gasteiger partial charge in [0.2, 0.25) is 5.91 Å². The molecule has 2 rings (SSSR count). The Balaban J connectivity index is 2.21. The van der Waals surface area contributed by atoms with Crippen LogP contribution in [-0.2, 0) is 11.2 Å². The molecule has 0 aliphatic carbocycles. The maximum Gasteiger partial charge on any atom is 0.308 e. The summed E-state index contributed by atoms with van der Waals surface area (Å²) >= 11 is 0. The summed E-state index contributed by atoms with van der Waals surface area (Å²) in [5, 5.41) is 3.53. The Hall–Kier alpha value is -2.28. The van der Waals surface area contributed by atoms with Gasteiger partial charge in [0.1, 0.15) is 6.04 Å². The molecule has 6 N–H and O–H groups in total. The van der Waals surface area contributed by atoms with Crippen LogP contribution in [0.3, 0.4) is 0 Å². The first-order chi connectivity index (χ1) is 9.11. The number of primary amides is 1. The van der Waals surface area contributed by atoms with Crippen LogP contribution in [0, 0.1) is 0 Å². The summed E-state index contributed by atoms with van der Waals surface area (Å²) in [6.45, 7) is 0. The Morgan fingerprint density at radius 2 is 2.11 bits per heavy atom. The van der Waals surface area contributed by atoms with Gasteiger partial charge < -0.3 is 21.7 Å². The monoisotopic (exact) mass is 258 g/mol. The Labute approximate surface area is 110 Å². The summed E-state index contributed by atoms with van der Waals surface area (Å²) in [6, 6.07) is 6.97. The summed E-state index contributed by atoms with van der Waals surface area (Å²) in [5.74, 6) is -0.976. The molecular weight excluding hydrogens is 243 g/mol. The lowest BCUT2D eigenvalue weighted by Crippen LogP contribution is -2.48. The maximum atomic E-state index is 11.4. The SMILES string of the molecule is NBC(=O)N[C@@H](Cc1c[nH]c2ccccc12)C(N)=O. The summed E-state index contributed by atoms with van der Waals surface area (Å²) < 4.78 is 0. The van der Waals surface area contributed by atoms with Crippen molar-refractivity contribution in [2.45, 2.75) is 12.5 Å². The molecule has 0 aliphatic rings. The highest BCUT2D eigenvalue weighted by atomic mass is 16.2. The number of H-pyrrole nitrogens is 1. The lowest BCUT2D eigenvalue weighted by atomic mass is 9.94. The molecule has 0 fully saturated rings. The highest BCUT2D eigenvalue weighted by Gasteiger charge is 2.19. The Morgan fingerprint density at radius 3 is 2.79 bits per heavy atom. The first kappa shape index (κ1) is 13.2. The van der Waals surface area contributed by atoms with E-state index in [1.807, 2.05) is 30.5 Å². The van der Waals surface area contributed by atoms with Gasteiger partial charge in [0.15, 0.2) is 5.81 Å². The Morgan fingerprint density at radius 1 is 1.37 bits per heavy atom. The van der Waals surface area contributed by atoms with Crippen molar-refractivity contribution in [3.63, 3.8) is 0 Å². The molecule has 6 nitrogen and oxygen atoms in total. The number of carbonyl (C=O) groups is 2. The van der Waals surface area contributed by atoms with Crippen molar-refractivity contribution in [1.29, 1.82) is 0 Å². The van der Waals surface area contributed by atoms with E-state index >= 15 is 0 Å². The lowest BCUT2D eigenvalue weighted by molar-refractivity contribution is -0.119. The van der Waals surface area contributed by atoms with Crippen molar-refractivity contribution in [2.75, 3.05) is 0 Å². The van der Waals surface area contributed by atoms with Crippen LogP contribution in [0.1, 0.15) is 5.56 Å². The van der Waals surface area contributed by atoms with E-state index < -0.39 is 17.8 Å². The molecule has 1 aromatic heterocycles. The zero-order chi connectivity index (χ0) is 13.8. The van der Waals surface area contributed by atoms with Crippen molar-refractivity contribution >= 4 is 30.0 Å². The topological polar surface area (TPSA) is 114 Å². The van der Waals surface area contributed by atoms with Crippen LogP contribution in [0.15, 0.2) is 30.5 Å². The van der Waals surface area contributed by atoms with E-state index in [2.05, 4.69) is 10.3 Å². The lowest BCUT2D eigenvalue weighted by Gasteiger charge is -2.14. The zero-order valence-electron chi connectivity index (χ0n) is 10.3. The molecule has 0 spiro atoms. The van der Waals surface area contributed by atoms with Gasteiger partial charge in [-0.25, -0.2) is 0 Å². The predicted molar refractivity (Wildman–Crippen MR) is 74.9 cm³/mol. The highest BCUT2D eigenvalue weighted by molar-refractivity contribution is 6.71. The van der Waals surface area contributed by atoms with E-state index in [-0.39, 0.29) is 7.41 Å². The first-order valence-electron chi connectivity index (χ1n) is 5.95. The predicted octanol–water partition coefficient (Wildman–Crippen LogP) is -0.416. The molecule has 0 saturated heterocycles. The molecule has 0 bridgehead atoms. The molecule has 19 heavy (non-hydrogen) atoms. The third-order valence-corrected chi connectivity index (χ3v) is 2.96. The summed E-state index contributed by atoms with van der Waals surface area (Å²) in [6.07, 6.45) is 2.15. The number of aromatic amines is 1. The zero-order valence-corrected chi connectivity index (χ0v) is 10.3. The average molecular weight is 258 g/mol. The fourth-order valence-corrected chi connectivity index (χ4v) is 2.00. The molecule has 2 aromatic rings. The van der Waals surface area contributed by atoms with Gasteiger partial charge in [-0.05, 0) is 11.6 Å². The molecule has 1 atom stereocenters. The number of hydrogen-bond donors (Lipinski definition) is 4. The van der Waals surface area contributed by atoms with E-state index in [4.69, 9.17) is 11.4 Å². The molecule has 2 amide bonds. The van der Waals surface area contributed by atoms with Crippen molar-refractivity contribution in [2.24, 2.45) is 11.4 Å². The van der Waals surface area contributed by atoms with Gasteiger partial charge in [0, 0.05) is 23.5 Å². The number of para-hydroxylation sites is 1. The molecule has 1 heterocycles. The van der Waals surface area contributed by atoms with E-state index in [0.717, 1.165) is 16.5 Å². The number of benzene rings is 1. The largest absolute Gasteiger partial charge is 0.368 e. The second-order valence-electron chi connectivity index (χ2n) is 4.29. The number of rotatable bonds is 5. The molecule has 0 radical (unpaired) electrons. The normalized spacial score (nSPS) is 12.1. The number of nitrogens with two attached hydrogens (primary N) is 2. The molecular formula is C12H15BN4O2. The van der Waals surface area contributed by atoms with Gasteiger partial charge in [-0.1, -0.05) is 18.2 Å². The molecule has 98 valence electrons. The van der Waals surface area contributed by atoms with Crippen LogP contribution in [0.25, 0.3) is 10.9 Å². The fourth-order valence-electron chi connectivity index (χ4n) is 2.00. The first-order valence-corrected chi connectivity index (χ1v) is 5.95. The van der Waals surface area contributed by atoms with Gasteiger partial charge >= 0.3 is 7.41 Å². The van der Waals surface area contributed by atoms with Crippen molar-refractivity contribution in [3.8, 4) is 0 Å². The molecule has 0 aliphatic heterocycles. The molecule has 0 unspecified atom stereocenters. The van der Waals surface area contributed by atoms with Crippen LogP contribution in [0.2, 0.25) is 0 Å². The van der Waals surface area contributed by atoms with Crippen LogP contribution in [-0.4, -0.2) is 30.2 Å². The van der Waals surface area contributed by atoms with Crippen LogP contribution < -0.4 is 16.7 Å². The van der Waals surface area contributed by atoms with Crippen LogP contribution >= 0.6 is 0 Å².